The average molecular weight is 303 g/mol. The van der Waals surface area contributed by atoms with Crippen LogP contribution in [0.2, 0.25) is 0 Å². The van der Waals surface area contributed by atoms with E-state index in [2.05, 4.69) is 15.0 Å². The number of aromatic nitrogens is 3. The second-order valence-corrected chi connectivity index (χ2v) is 5.59. The number of rotatable bonds is 5. The Morgan fingerprint density at radius 3 is 2.95 bits per heavy atom. The van der Waals surface area contributed by atoms with Gasteiger partial charge in [-0.1, -0.05) is 13.3 Å². The van der Waals surface area contributed by atoms with E-state index in [-0.39, 0.29) is 11.4 Å². The molecule has 0 aliphatic rings. The number of nitrogens with one attached hydrogen (secondary N) is 2. The predicted molar refractivity (Wildman–Crippen MR) is 83.0 cm³/mol. The van der Waals surface area contributed by atoms with E-state index in [0.29, 0.717) is 15.7 Å². The molecule has 21 heavy (non-hydrogen) atoms. The number of aryl methyl sites for hydroxylation is 2. The monoisotopic (exact) mass is 303 g/mol. The van der Waals surface area contributed by atoms with E-state index < -0.39 is 0 Å². The molecule has 0 saturated carbocycles. The summed E-state index contributed by atoms with van der Waals surface area (Å²) in [6, 6.07) is 3.30. The zero-order valence-electron chi connectivity index (χ0n) is 11.9. The Kier molecular flexibility index (Phi) is 4.74. The zero-order valence-corrected chi connectivity index (χ0v) is 12.8. The van der Waals surface area contributed by atoms with Crippen LogP contribution in [0.4, 0.5) is 0 Å². The molecule has 0 spiro atoms. The van der Waals surface area contributed by atoms with Gasteiger partial charge < -0.3 is 10.7 Å². The highest BCUT2D eigenvalue weighted by Crippen LogP contribution is 2.27. The molecule has 2 aromatic rings. The van der Waals surface area contributed by atoms with Crippen molar-refractivity contribution < 1.29 is 0 Å². The molecule has 0 atom stereocenters. The van der Waals surface area contributed by atoms with E-state index in [0.717, 1.165) is 24.1 Å². The van der Waals surface area contributed by atoms with Crippen LogP contribution in [0.5, 0.6) is 0 Å². The Labute approximate surface area is 126 Å². The molecule has 2 rings (SSSR count). The molecule has 0 aliphatic heterocycles. The highest BCUT2D eigenvalue weighted by molar-refractivity contribution is 7.99. The van der Waals surface area contributed by atoms with E-state index >= 15 is 0 Å². The third-order valence-corrected chi connectivity index (χ3v) is 3.76. The van der Waals surface area contributed by atoms with Crippen molar-refractivity contribution in [2.24, 2.45) is 5.73 Å². The summed E-state index contributed by atoms with van der Waals surface area (Å²) in [4.78, 5) is 23.0. The van der Waals surface area contributed by atoms with Crippen LogP contribution in [0.3, 0.4) is 0 Å². The van der Waals surface area contributed by atoms with Crippen LogP contribution in [0, 0.1) is 12.3 Å². The van der Waals surface area contributed by atoms with Gasteiger partial charge >= 0.3 is 0 Å². The third kappa shape index (κ3) is 3.69. The van der Waals surface area contributed by atoms with E-state index in [1.165, 1.54) is 17.8 Å². The summed E-state index contributed by atoms with van der Waals surface area (Å²) in [5.41, 5.74) is 7.62. The molecule has 2 heterocycles. The van der Waals surface area contributed by atoms with E-state index in [9.17, 15) is 4.79 Å². The van der Waals surface area contributed by atoms with Crippen LogP contribution in [-0.2, 0) is 6.42 Å². The van der Waals surface area contributed by atoms with Gasteiger partial charge in [0, 0.05) is 18.0 Å². The summed E-state index contributed by atoms with van der Waals surface area (Å²) >= 11 is 1.21. The zero-order chi connectivity index (χ0) is 15.4. The second-order valence-electron chi connectivity index (χ2n) is 4.62. The minimum absolute atomic E-state index is 0.0461. The summed E-state index contributed by atoms with van der Waals surface area (Å²) in [5, 5.41) is 8.70. The first-order valence-corrected chi connectivity index (χ1v) is 7.41. The Balaban J connectivity index is 2.41. The number of amidine groups is 1. The van der Waals surface area contributed by atoms with Gasteiger partial charge in [-0.05, 0) is 36.7 Å². The van der Waals surface area contributed by atoms with Crippen LogP contribution < -0.4 is 11.3 Å². The summed E-state index contributed by atoms with van der Waals surface area (Å²) in [6.07, 6.45) is 3.32. The molecule has 2 aromatic heterocycles. The molecule has 0 bridgehead atoms. The number of pyridine rings is 1. The topological polar surface area (TPSA) is 109 Å². The molecule has 0 unspecified atom stereocenters. The Morgan fingerprint density at radius 2 is 2.29 bits per heavy atom. The molecule has 0 radical (unpaired) electrons. The molecule has 0 saturated heterocycles. The van der Waals surface area contributed by atoms with E-state index in [1.54, 1.807) is 12.3 Å². The number of nitrogens with two attached hydrogens (primary N) is 1. The van der Waals surface area contributed by atoms with Crippen molar-refractivity contribution in [3.05, 3.63) is 45.5 Å². The number of nitrogen functional groups attached to an aromatic ring is 1. The molecular weight excluding hydrogens is 286 g/mol. The van der Waals surface area contributed by atoms with Crippen LogP contribution in [0.15, 0.2) is 33.3 Å². The summed E-state index contributed by atoms with van der Waals surface area (Å²) in [7, 11) is 0. The van der Waals surface area contributed by atoms with Gasteiger partial charge in [0.15, 0.2) is 5.16 Å². The quantitative estimate of drug-likeness (QED) is 0.444. The molecule has 0 fully saturated rings. The van der Waals surface area contributed by atoms with Gasteiger partial charge in [-0.2, -0.15) is 0 Å². The van der Waals surface area contributed by atoms with Crippen LogP contribution >= 0.6 is 11.8 Å². The fourth-order valence-electron chi connectivity index (χ4n) is 1.95. The fraction of sp³-hybridized carbons (Fsp3) is 0.286. The maximum absolute atomic E-state index is 11.7. The number of nitrogens with zero attached hydrogens (tertiary/aromatic N) is 2. The van der Waals surface area contributed by atoms with Crippen molar-refractivity contribution >= 4 is 17.6 Å². The maximum atomic E-state index is 11.7. The van der Waals surface area contributed by atoms with Crippen molar-refractivity contribution in [3.8, 4) is 0 Å². The van der Waals surface area contributed by atoms with Gasteiger partial charge in [0.05, 0.1) is 5.56 Å². The highest BCUT2D eigenvalue weighted by Gasteiger charge is 2.13. The Morgan fingerprint density at radius 1 is 1.52 bits per heavy atom. The first-order valence-electron chi connectivity index (χ1n) is 6.59. The van der Waals surface area contributed by atoms with E-state index in [1.807, 2.05) is 13.8 Å². The Bertz CT molecular complexity index is 726. The Hall–Kier alpha value is -2.15. The lowest BCUT2D eigenvalue weighted by molar-refractivity contribution is 0.815. The van der Waals surface area contributed by atoms with Gasteiger partial charge in [-0.15, -0.1) is 0 Å². The molecule has 0 aliphatic carbocycles. The number of hydrogen-bond donors (Lipinski definition) is 3. The highest BCUT2D eigenvalue weighted by atomic mass is 32.2. The molecule has 0 aromatic carbocycles. The SMILES string of the molecule is CCCc1cc(=O)[nH]c(Sc2nccc(C)c2C(=N)N)n1. The second kappa shape index (κ2) is 6.53. The molecule has 6 nitrogen and oxygen atoms in total. The van der Waals surface area contributed by atoms with Crippen molar-refractivity contribution in [1.29, 1.82) is 5.41 Å². The third-order valence-electron chi connectivity index (χ3n) is 2.87. The lowest BCUT2D eigenvalue weighted by Gasteiger charge is -2.09. The van der Waals surface area contributed by atoms with Crippen molar-refractivity contribution in [2.45, 2.75) is 36.9 Å². The molecule has 110 valence electrons. The number of H-pyrrole nitrogens is 1. The van der Waals surface area contributed by atoms with Gasteiger partial charge in [-0.25, -0.2) is 9.97 Å². The van der Waals surface area contributed by atoms with Crippen LogP contribution in [-0.4, -0.2) is 20.8 Å². The average Bonchev–Trinajstić information content (AvgIpc) is 2.37. The minimum Gasteiger partial charge on any atom is -0.384 e. The van der Waals surface area contributed by atoms with E-state index in [4.69, 9.17) is 11.1 Å². The van der Waals surface area contributed by atoms with Crippen LogP contribution in [0.25, 0.3) is 0 Å². The predicted octanol–water partition coefficient (Wildman–Crippen LogP) is 1.86. The minimum atomic E-state index is -0.187. The molecule has 0 amide bonds. The first-order chi connectivity index (χ1) is 10.0. The largest absolute Gasteiger partial charge is 0.384 e. The fourth-order valence-corrected chi connectivity index (χ4v) is 2.93. The van der Waals surface area contributed by atoms with Gasteiger partial charge in [0.25, 0.3) is 5.56 Å². The number of aromatic amines is 1. The lowest BCUT2D eigenvalue weighted by atomic mass is 10.1. The summed E-state index contributed by atoms with van der Waals surface area (Å²) < 4.78 is 0. The first kappa shape index (κ1) is 15.2. The lowest BCUT2D eigenvalue weighted by Crippen LogP contribution is -2.15. The van der Waals surface area contributed by atoms with Gasteiger partial charge in [0.1, 0.15) is 10.9 Å². The molecule has 7 heteroatoms. The normalized spacial score (nSPS) is 10.6. The van der Waals surface area contributed by atoms with Gasteiger partial charge in [-0.3, -0.25) is 10.2 Å². The maximum Gasteiger partial charge on any atom is 0.251 e. The van der Waals surface area contributed by atoms with Crippen molar-refractivity contribution in [1.82, 2.24) is 15.0 Å². The van der Waals surface area contributed by atoms with Crippen molar-refractivity contribution in [3.63, 3.8) is 0 Å². The van der Waals surface area contributed by atoms with Gasteiger partial charge in [0.2, 0.25) is 0 Å². The standard InChI is InChI=1S/C14H17N5OS/c1-3-4-9-7-10(20)19-14(18-9)21-13-11(12(15)16)8(2)5-6-17-13/h5-7H,3-4H2,1-2H3,(H3,15,16)(H,18,19,20). The summed E-state index contributed by atoms with van der Waals surface area (Å²) in [6.45, 7) is 3.90. The smallest absolute Gasteiger partial charge is 0.251 e. The molecular formula is C14H17N5OS. The number of hydrogen-bond acceptors (Lipinski definition) is 5. The molecule has 4 N–H and O–H groups in total. The van der Waals surface area contributed by atoms with Crippen molar-refractivity contribution in [2.75, 3.05) is 0 Å². The van der Waals surface area contributed by atoms with Crippen LogP contribution in [0.1, 0.15) is 30.2 Å². The summed E-state index contributed by atoms with van der Waals surface area (Å²) in [5.74, 6) is -0.0461.